The van der Waals surface area contributed by atoms with E-state index in [0.717, 1.165) is 44.6 Å². The second kappa shape index (κ2) is 9.51. The summed E-state index contributed by atoms with van der Waals surface area (Å²) in [4.78, 5) is 21.7. The summed E-state index contributed by atoms with van der Waals surface area (Å²) < 4.78 is 5.22. The number of hydrogen-bond donors (Lipinski definition) is 0. The highest BCUT2D eigenvalue weighted by Gasteiger charge is 2.23. The van der Waals surface area contributed by atoms with Crippen LogP contribution in [-0.4, -0.2) is 61.0 Å². The SMILES string of the molecule is COc1ccc(CCN(CC2CCN(C)CC2)C(=O)c2ccccn2)cc1. The van der Waals surface area contributed by atoms with Gasteiger partial charge >= 0.3 is 0 Å². The Balaban J connectivity index is 1.67. The highest BCUT2D eigenvalue weighted by atomic mass is 16.5. The zero-order valence-electron chi connectivity index (χ0n) is 16.3. The van der Waals surface area contributed by atoms with Crippen molar-refractivity contribution in [2.75, 3.05) is 40.3 Å². The minimum absolute atomic E-state index is 0.0306. The summed E-state index contributed by atoms with van der Waals surface area (Å²) in [6.07, 6.45) is 4.80. The molecule has 0 bridgehead atoms. The van der Waals surface area contributed by atoms with E-state index in [1.807, 2.05) is 29.2 Å². The summed E-state index contributed by atoms with van der Waals surface area (Å²) in [5.41, 5.74) is 1.73. The van der Waals surface area contributed by atoms with Gasteiger partial charge in [-0.15, -0.1) is 0 Å². The highest BCUT2D eigenvalue weighted by Crippen LogP contribution is 2.19. The molecular formula is C22H29N3O2. The number of hydrogen-bond acceptors (Lipinski definition) is 4. The van der Waals surface area contributed by atoms with E-state index >= 15 is 0 Å². The van der Waals surface area contributed by atoms with Gasteiger partial charge in [-0.2, -0.15) is 0 Å². The van der Waals surface area contributed by atoms with Crippen LogP contribution >= 0.6 is 0 Å². The Morgan fingerprint density at radius 2 is 1.93 bits per heavy atom. The molecular weight excluding hydrogens is 338 g/mol. The first-order valence-corrected chi connectivity index (χ1v) is 9.67. The van der Waals surface area contributed by atoms with E-state index in [4.69, 9.17) is 4.74 Å². The quantitative estimate of drug-likeness (QED) is 0.754. The number of benzene rings is 1. The molecule has 0 saturated carbocycles. The number of aromatic nitrogens is 1. The zero-order chi connectivity index (χ0) is 19.1. The van der Waals surface area contributed by atoms with Crippen LogP contribution in [0.4, 0.5) is 0 Å². The lowest BCUT2D eigenvalue weighted by Crippen LogP contribution is -2.41. The third-order valence-corrected chi connectivity index (χ3v) is 5.32. The molecule has 3 rings (SSSR count). The maximum Gasteiger partial charge on any atom is 0.272 e. The van der Waals surface area contributed by atoms with E-state index in [-0.39, 0.29) is 5.91 Å². The minimum atomic E-state index is 0.0306. The molecule has 0 spiro atoms. The number of pyridine rings is 1. The molecule has 2 heterocycles. The van der Waals surface area contributed by atoms with E-state index in [0.29, 0.717) is 18.2 Å². The molecule has 1 saturated heterocycles. The van der Waals surface area contributed by atoms with Crippen LogP contribution in [0.15, 0.2) is 48.7 Å². The molecule has 0 unspecified atom stereocenters. The summed E-state index contributed by atoms with van der Waals surface area (Å²) in [5.74, 6) is 1.44. The first-order chi connectivity index (χ1) is 13.2. The first-order valence-electron chi connectivity index (χ1n) is 9.67. The molecule has 1 aromatic carbocycles. The molecule has 144 valence electrons. The molecule has 1 aromatic heterocycles. The average Bonchev–Trinajstić information content (AvgIpc) is 2.73. The summed E-state index contributed by atoms with van der Waals surface area (Å²) in [7, 11) is 3.83. The number of amides is 1. The van der Waals surface area contributed by atoms with Crippen molar-refractivity contribution in [3.8, 4) is 5.75 Å². The second-order valence-electron chi connectivity index (χ2n) is 7.31. The van der Waals surface area contributed by atoms with Gasteiger partial charge in [0.1, 0.15) is 11.4 Å². The fraction of sp³-hybridized carbons (Fsp3) is 0.455. The van der Waals surface area contributed by atoms with Crippen LogP contribution in [0.3, 0.4) is 0 Å². The Labute approximate surface area is 162 Å². The van der Waals surface area contributed by atoms with Crippen molar-refractivity contribution in [2.24, 2.45) is 5.92 Å². The summed E-state index contributed by atoms with van der Waals surface area (Å²) in [5, 5.41) is 0. The van der Waals surface area contributed by atoms with Crippen molar-refractivity contribution >= 4 is 5.91 Å². The maximum absolute atomic E-state index is 13.0. The van der Waals surface area contributed by atoms with Crippen molar-refractivity contribution in [1.82, 2.24) is 14.8 Å². The predicted molar refractivity (Wildman–Crippen MR) is 107 cm³/mol. The average molecular weight is 367 g/mol. The number of piperidine rings is 1. The highest BCUT2D eigenvalue weighted by molar-refractivity contribution is 5.92. The fourth-order valence-corrected chi connectivity index (χ4v) is 3.54. The molecule has 5 nitrogen and oxygen atoms in total. The van der Waals surface area contributed by atoms with Crippen LogP contribution in [0, 0.1) is 5.92 Å². The van der Waals surface area contributed by atoms with Crippen molar-refractivity contribution in [3.63, 3.8) is 0 Å². The Morgan fingerprint density at radius 3 is 2.56 bits per heavy atom. The standard InChI is InChI=1S/C22H29N3O2/c1-24-14-10-19(11-15-24)17-25(22(26)21-5-3-4-13-23-21)16-12-18-6-8-20(27-2)9-7-18/h3-9,13,19H,10-12,14-17H2,1-2H3. The summed E-state index contributed by atoms with van der Waals surface area (Å²) in [6.45, 7) is 3.72. The molecule has 0 N–H and O–H groups in total. The Kier molecular flexibility index (Phi) is 6.82. The molecule has 0 atom stereocenters. The number of rotatable bonds is 7. The van der Waals surface area contributed by atoms with Gasteiger partial charge in [-0.05, 0) is 75.1 Å². The maximum atomic E-state index is 13.0. The number of nitrogens with zero attached hydrogens (tertiary/aromatic N) is 3. The molecule has 1 aliphatic heterocycles. The Hall–Kier alpha value is -2.40. The van der Waals surface area contributed by atoms with E-state index < -0.39 is 0 Å². The van der Waals surface area contributed by atoms with E-state index in [9.17, 15) is 4.79 Å². The molecule has 1 amide bonds. The second-order valence-corrected chi connectivity index (χ2v) is 7.31. The molecule has 2 aromatic rings. The van der Waals surface area contributed by atoms with Gasteiger partial charge in [0.2, 0.25) is 0 Å². The first kappa shape index (κ1) is 19.4. The van der Waals surface area contributed by atoms with Crippen LogP contribution in [0.1, 0.15) is 28.9 Å². The van der Waals surface area contributed by atoms with Gasteiger partial charge in [0.25, 0.3) is 5.91 Å². The summed E-state index contributed by atoms with van der Waals surface area (Å²) in [6, 6.07) is 13.6. The largest absolute Gasteiger partial charge is 0.497 e. The van der Waals surface area contributed by atoms with Gasteiger partial charge in [0.15, 0.2) is 0 Å². The van der Waals surface area contributed by atoms with Crippen LogP contribution in [0.25, 0.3) is 0 Å². The number of carbonyl (C=O) groups excluding carboxylic acids is 1. The lowest BCUT2D eigenvalue weighted by Gasteiger charge is -2.33. The third-order valence-electron chi connectivity index (χ3n) is 5.32. The third kappa shape index (κ3) is 5.54. The molecule has 1 aliphatic rings. The zero-order valence-corrected chi connectivity index (χ0v) is 16.3. The number of carbonyl (C=O) groups is 1. The minimum Gasteiger partial charge on any atom is -0.497 e. The van der Waals surface area contributed by atoms with Crippen LogP contribution < -0.4 is 4.74 Å². The molecule has 27 heavy (non-hydrogen) atoms. The molecule has 0 aliphatic carbocycles. The van der Waals surface area contributed by atoms with E-state index in [1.54, 1.807) is 19.4 Å². The van der Waals surface area contributed by atoms with E-state index in [1.165, 1.54) is 5.56 Å². The fourth-order valence-electron chi connectivity index (χ4n) is 3.54. The van der Waals surface area contributed by atoms with Crippen LogP contribution in [0.5, 0.6) is 5.75 Å². The topological polar surface area (TPSA) is 45.7 Å². The van der Waals surface area contributed by atoms with Gasteiger partial charge < -0.3 is 14.5 Å². The molecule has 1 fully saturated rings. The molecule has 0 radical (unpaired) electrons. The van der Waals surface area contributed by atoms with Crippen LogP contribution in [0.2, 0.25) is 0 Å². The van der Waals surface area contributed by atoms with Gasteiger partial charge in [-0.1, -0.05) is 18.2 Å². The van der Waals surface area contributed by atoms with Crippen LogP contribution in [-0.2, 0) is 6.42 Å². The smallest absolute Gasteiger partial charge is 0.272 e. The number of likely N-dealkylation sites (tertiary alicyclic amines) is 1. The lowest BCUT2D eigenvalue weighted by molar-refractivity contribution is 0.0694. The monoisotopic (exact) mass is 367 g/mol. The Bertz CT molecular complexity index is 710. The van der Waals surface area contributed by atoms with Gasteiger partial charge in [0, 0.05) is 19.3 Å². The summed E-state index contributed by atoms with van der Waals surface area (Å²) >= 11 is 0. The van der Waals surface area contributed by atoms with Gasteiger partial charge in [-0.3, -0.25) is 9.78 Å². The predicted octanol–water partition coefficient (Wildman–Crippen LogP) is 3.12. The number of methoxy groups -OCH3 is 1. The van der Waals surface area contributed by atoms with Gasteiger partial charge in [0.05, 0.1) is 7.11 Å². The lowest BCUT2D eigenvalue weighted by atomic mass is 9.96. The van der Waals surface area contributed by atoms with Gasteiger partial charge in [-0.25, -0.2) is 0 Å². The molecule has 5 heteroatoms. The number of ether oxygens (including phenoxy) is 1. The Morgan fingerprint density at radius 1 is 1.19 bits per heavy atom. The van der Waals surface area contributed by atoms with E-state index in [2.05, 4.69) is 29.1 Å². The van der Waals surface area contributed by atoms with Crippen molar-refractivity contribution in [3.05, 3.63) is 59.9 Å². The van der Waals surface area contributed by atoms with Crippen molar-refractivity contribution < 1.29 is 9.53 Å². The van der Waals surface area contributed by atoms with Crippen molar-refractivity contribution in [2.45, 2.75) is 19.3 Å². The normalized spacial score (nSPS) is 15.5. The van der Waals surface area contributed by atoms with Crippen molar-refractivity contribution in [1.29, 1.82) is 0 Å².